The Kier molecular flexibility index (Phi) is 3.30. The van der Waals surface area contributed by atoms with Gasteiger partial charge in [-0.3, -0.25) is 10.0 Å². The third-order valence-corrected chi connectivity index (χ3v) is 3.90. The van der Waals surface area contributed by atoms with Gasteiger partial charge in [0, 0.05) is 4.91 Å². The van der Waals surface area contributed by atoms with Crippen LogP contribution in [0.1, 0.15) is 6.92 Å². The molecule has 0 aromatic rings. The summed E-state index contributed by atoms with van der Waals surface area (Å²) in [5.41, 5.74) is 0. The van der Waals surface area contributed by atoms with Crippen LogP contribution in [0.3, 0.4) is 0 Å². The van der Waals surface area contributed by atoms with Crippen molar-refractivity contribution in [2.75, 3.05) is 0 Å². The van der Waals surface area contributed by atoms with E-state index in [-0.39, 0.29) is 15.8 Å². The largest absolute Gasteiger partial charge is 0.761 e. The first-order valence-corrected chi connectivity index (χ1v) is 5.00. The van der Waals surface area contributed by atoms with Gasteiger partial charge in [0.15, 0.2) is 5.78 Å². The molecule has 1 rings (SSSR count). The average molecular weight is 253 g/mol. The lowest BCUT2D eigenvalue weighted by molar-refractivity contribution is -0.112. The van der Waals surface area contributed by atoms with Crippen molar-refractivity contribution >= 4 is 33.5 Å². The number of nitrogens with zero attached hydrogens (tertiary/aromatic N) is 1. The summed E-state index contributed by atoms with van der Waals surface area (Å²) in [4.78, 5) is 11.1. The molecule has 0 aromatic carbocycles. The first-order valence-electron chi connectivity index (χ1n) is 3.21. The molecule has 2 atom stereocenters. The van der Waals surface area contributed by atoms with Crippen LogP contribution in [-0.4, -0.2) is 26.4 Å². The van der Waals surface area contributed by atoms with Crippen molar-refractivity contribution < 1.29 is 10.0 Å². The zero-order valence-corrected chi connectivity index (χ0v) is 8.63. The molecule has 0 amide bonds. The maximum atomic E-state index is 10.8. The lowest BCUT2D eigenvalue weighted by atomic mass is 10.3. The molecule has 1 aliphatic heterocycles. The van der Waals surface area contributed by atoms with E-state index in [4.69, 9.17) is 5.21 Å². The van der Waals surface area contributed by atoms with Crippen molar-refractivity contribution in [1.82, 2.24) is 5.23 Å². The Balaban J connectivity index is 2.67. The Morgan fingerprint density at radius 3 is 2.75 bits per heavy atom. The van der Waals surface area contributed by atoms with E-state index in [2.05, 4.69) is 15.9 Å². The predicted molar refractivity (Wildman–Crippen MR) is 49.9 cm³/mol. The number of allylic oxidation sites excluding steroid dienone is 1. The highest BCUT2D eigenvalue weighted by molar-refractivity contribution is 9.09. The highest BCUT2D eigenvalue weighted by Crippen LogP contribution is 2.37. The number of ketones is 1. The predicted octanol–water partition coefficient (Wildman–Crippen LogP) is 1.48. The molecule has 12 heavy (non-hydrogen) atoms. The third-order valence-electron chi connectivity index (χ3n) is 1.40. The van der Waals surface area contributed by atoms with Gasteiger partial charge in [0.25, 0.3) is 0 Å². The molecule has 1 N–H and O–H groups in total. The molecule has 0 bridgehead atoms. The highest BCUT2D eigenvalue weighted by atomic mass is 79.9. The fourth-order valence-electron chi connectivity index (χ4n) is 0.829. The minimum Gasteiger partial charge on any atom is -0.761 e. The number of carbonyl (C=O) groups excluding carboxylic acids is 1. The molecule has 0 saturated heterocycles. The molecule has 0 spiro atoms. The summed E-state index contributed by atoms with van der Waals surface area (Å²) < 4.78 is 0. The number of hydroxylamine groups is 2. The van der Waals surface area contributed by atoms with Gasteiger partial charge < -0.3 is 10.4 Å². The van der Waals surface area contributed by atoms with Crippen LogP contribution in [0, 0.1) is 5.21 Å². The van der Waals surface area contributed by atoms with Crippen LogP contribution in [0.25, 0.3) is 0 Å². The first-order chi connectivity index (χ1) is 5.52. The van der Waals surface area contributed by atoms with Crippen molar-refractivity contribution in [1.29, 1.82) is 0 Å². The summed E-state index contributed by atoms with van der Waals surface area (Å²) >= 11 is 4.23. The van der Waals surface area contributed by atoms with E-state index in [1.807, 2.05) is 0 Å². The van der Waals surface area contributed by atoms with Crippen LogP contribution in [-0.2, 0) is 4.79 Å². The lowest BCUT2D eigenvalue weighted by Gasteiger charge is -2.28. The van der Waals surface area contributed by atoms with Crippen LogP contribution in [0.5, 0.6) is 0 Å². The van der Waals surface area contributed by atoms with Crippen molar-refractivity contribution in [2.45, 2.75) is 17.1 Å². The number of carbonyl (C=O) groups is 1. The van der Waals surface area contributed by atoms with Gasteiger partial charge in [0.05, 0.1) is 10.2 Å². The van der Waals surface area contributed by atoms with Crippen LogP contribution in [0.4, 0.5) is 0 Å². The molecule has 0 fully saturated rings. The van der Waals surface area contributed by atoms with Gasteiger partial charge >= 0.3 is 0 Å². The van der Waals surface area contributed by atoms with E-state index in [9.17, 15) is 10.0 Å². The van der Waals surface area contributed by atoms with Gasteiger partial charge in [-0.25, -0.2) is 0 Å². The smallest absolute Gasteiger partial charge is 0.165 e. The quantitative estimate of drug-likeness (QED) is 0.596. The number of thioether (sulfide) groups is 1. The molecular weight excluding hydrogens is 246 g/mol. The topological polar surface area (TPSA) is 63.6 Å². The van der Waals surface area contributed by atoms with Crippen LogP contribution >= 0.6 is 27.7 Å². The van der Waals surface area contributed by atoms with Gasteiger partial charge in [-0.05, 0) is 6.92 Å². The van der Waals surface area contributed by atoms with E-state index >= 15 is 0 Å². The third kappa shape index (κ3) is 2.08. The molecule has 0 saturated carbocycles. The monoisotopic (exact) mass is 252 g/mol. The number of halogens is 1. The van der Waals surface area contributed by atoms with Crippen LogP contribution in [0.15, 0.2) is 11.0 Å². The van der Waals surface area contributed by atoms with E-state index in [0.717, 1.165) is 11.8 Å². The first kappa shape index (κ1) is 10.2. The molecule has 0 aromatic heterocycles. The molecular formula is C6H7BrNO3S-. The number of alkyl halides is 1. The summed E-state index contributed by atoms with van der Waals surface area (Å²) in [7, 11) is 0. The van der Waals surface area contributed by atoms with E-state index < -0.39 is 5.37 Å². The summed E-state index contributed by atoms with van der Waals surface area (Å²) in [6, 6.07) is 0. The summed E-state index contributed by atoms with van der Waals surface area (Å²) in [5.74, 6) is -0.0891. The SMILES string of the molecule is CC(=O)C1=CC(Br)C(N([O-])O)S1. The Morgan fingerprint density at radius 1 is 1.92 bits per heavy atom. The van der Waals surface area contributed by atoms with Crippen molar-refractivity contribution in [2.24, 2.45) is 0 Å². The molecule has 1 heterocycles. The molecule has 6 heteroatoms. The standard InChI is InChI=1S/C6H7BrNO3S/c1-3(9)5-2-4(7)6(12-5)8(10)11/h2,4,6,10H,1H3/q-1. The summed E-state index contributed by atoms with van der Waals surface area (Å²) in [5, 5.41) is 18.3. The molecule has 0 radical (unpaired) electrons. The average Bonchev–Trinajstić information content (AvgIpc) is 2.30. The molecule has 4 nitrogen and oxygen atoms in total. The number of Topliss-reactive ketones (excluding diaryl/α,β-unsaturated/α-hetero) is 1. The van der Waals surface area contributed by atoms with Gasteiger partial charge in [-0.2, -0.15) is 0 Å². The second-order valence-electron chi connectivity index (χ2n) is 2.34. The van der Waals surface area contributed by atoms with E-state index in [0.29, 0.717) is 4.91 Å². The Labute approximate surface area is 82.3 Å². The molecule has 0 aliphatic carbocycles. The fraction of sp³-hybridized carbons (Fsp3) is 0.500. The molecule has 2 unspecified atom stereocenters. The minimum absolute atomic E-state index is 0.0891. The van der Waals surface area contributed by atoms with Gasteiger partial charge in [-0.15, -0.1) is 11.8 Å². The Bertz CT molecular complexity index is 231. The van der Waals surface area contributed by atoms with Crippen molar-refractivity contribution in [3.8, 4) is 0 Å². The fourth-order valence-corrected chi connectivity index (χ4v) is 2.74. The van der Waals surface area contributed by atoms with Gasteiger partial charge in [-0.1, -0.05) is 22.0 Å². The number of hydrogen-bond acceptors (Lipinski definition) is 5. The second-order valence-corrected chi connectivity index (χ2v) is 4.56. The summed E-state index contributed by atoms with van der Waals surface area (Å²) in [6.07, 6.45) is 1.62. The maximum Gasteiger partial charge on any atom is 0.165 e. The molecule has 68 valence electrons. The van der Waals surface area contributed by atoms with Gasteiger partial charge in [0.1, 0.15) is 0 Å². The van der Waals surface area contributed by atoms with E-state index in [1.54, 1.807) is 6.08 Å². The number of hydrogen-bond donors (Lipinski definition) is 1. The van der Waals surface area contributed by atoms with Crippen LogP contribution in [0.2, 0.25) is 0 Å². The number of rotatable bonds is 2. The molecule has 1 aliphatic rings. The van der Waals surface area contributed by atoms with Crippen molar-refractivity contribution in [3.05, 3.63) is 16.2 Å². The highest BCUT2D eigenvalue weighted by Gasteiger charge is 2.28. The zero-order valence-electron chi connectivity index (χ0n) is 6.23. The minimum atomic E-state index is -0.649. The Morgan fingerprint density at radius 2 is 2.50 bits per heavy atom. The van der Waals surface area contributed by atoms with Crippen molar-refractivity contribution in [3.63, 3.8) is 0 Å². The summed E-state index contributed by atoms with van der Waals surface area (Å²) in [6.45, 7) is 1.42. The normalized spacial score (nSPS) is 29.2. The van der Waals surface area contributed by atoms with E-state index in [1.165, 1.54) is 6.92 Å². The Hall–Kier alpha value is 0.120. The second kappa shape index (κ2) is 3.89. The lowest BCUT2D eigenvalue weighted by Crippen LogP contribution is -2.28. The van der Waals surface area contributed by atoms with Crippen LogP contribution < -0.4 is 0 Å². The van der Waals surface area contributed by atoms with Gasteiger partial charge in [0.2, 0.25) is 0 Å². The zero-order chi connectivity index (χ0) is 9.30. The maximum absolute atomic E-state index is 10.8.